The molecule has 3 aromatic heterocycles. The van der Waals surface area contributed by atoms with Crippen molar-refractivity contribution in [3.63, 3.8) is 0 Å². The normalized spacial score (nSPS) is 13.9. The highest BCUT2D eigenvalue weighted by molar-refractivity contribution is 6.35. The fourth-order valence-electron chi connectivity index (χ4n) is 7.88. The minimum absolute atomic E-state index is 0.384. The summed E-state index contributed by atoms with van der Waals surface area (Å²) in [6.07, 6.45) is 4.85. The van der Waals surface area contributed by atoms with Crippen LogP contribution >= 0.6 is 11.6 Å². The number of carbonyl (C=O) groups excluding carboxylic acids is 1. The number of aromatic nitrogens is 5. The molecule has 10 nitrogen and oxygen atoms in total. The van der Waals surface area contributed by atoms with Crippen LogP contribution in [-0.2, 0) is 60.0 Å². The van der Waals surface area contributed by atoms with E-state index in [1.54, 1.807) is 7.11 Å². The standard InChI is InChI=1S/C42H48ClN5O5/c1-27-38-35-17-16-34(43)40(38)39-28(2)44-48(19-21-52-23-22-50-4)36(39)13-8-11-31-26-32(46(3)45-31)15-14-29-24-30-10-6-7-12-33(30)37(25-29)53-20-9-18-47(35)41(27)42(49)51-5/h6-7,10,12,16-17,24-26H,8-9,11,13-15,18-23H2,1-5H3. The number of esters is 1. The predicted molar refractivity (Wildman–Crippen MR) is 208 cm³/mol. The number of halogens is 1. The Bertz CT molecular complexity index is 2270. The van der Waals surface area contributed by atoms with Gasteiger partial charge in [0.1, 0.15) is 11.4 Å². The van der Waals surface area contributed by atoms with Crippen molar-refractivity contribution in [1.82, 2.24) is 24.1 Å². The lowest BCUT2D eigenvalue weighted by atomic mass is 9.95. The molecule has 7 rings (SSSR count). The van der Waals surface area contributed by atoms with Crippen molar-refractivity contribution in [2.75, 3.05) is 40.6 Å². The van der Waals surface area contributed by atoms with Crippen LogP contribution in [0.2, 0.25) is 5.02 Å². The van der Waals surface area contributed by atoms with Crippen molar-refractivity contribution < 1.29 is 23.7 Å². The van der Waals surface area contributed by atoms with Gasteiger partial charge in [0.2, 0.25) is 0 Å². The predicted octanol–water partition coefficient (Wildman–Crippen LogP) is 7.85. The number of hydrogen-bond donors (Lipinski definition) is 0. The molecule has 11 heteroatoms. The summed E-state index contributed by atoms with van der Waals surface area (Å²) in [7, 11) is 5.13. The van der Waals surface area contributed by atoms with E-state index in [0.717, 1.165) is 93.3 Å². The lowest BCUT2D eigenvalue weighted by Gasteiger charge is -2.14. The number of ether oxygens (including phenoxy) is 4. The molecular formula is C42H48ClN5O5. The molecule has 53 heavy (non-hydrogen) atoms. The molecule has 0 radical (unpaired) electrons. The van der Waals surface area contributed by atoms with Crippen LogP contribution in [0.4, 0.5) is 0 Å². The molecule has 8 bridgehead atoms. The fourth-order valence-corrected chi connectivity index (χ4v) is 8.13. The average Bonchev–Trinajstić information content (AvgIpc) is 3.77. The van der Waals surface area contributed by atoms with Crippen molar-refractivity contribution in [1.29, 1.82) is 0 Å². The molecule has 4 heterocycles. The molecule has 1 aliphatic heterocycles. The van der Waals surface area contributed by atoms with Crippen molar-refractivity contribution >= 4 is 39.2 Å². The number of aryl methyl sites for hydroxylation is 7. The van der Waals surface area contributed by atoms with Crippen LogP contribution in [0, 0.1) is 13.8 Å². The van der Waals surface area contributed by atoms with Gasteiger partial charge in [0.25, 0.3) is 0 Å². The number of carbonyl (C=O) groups is 1. The van der Waals surface area contributed by atoms with Gasteiger partial charge in [-0.3, -0.25) is 9.36 Å². The van der Waals surface area contributed by atoms with Crippen molar-refractivity contribution in [3.8, 4) is 16.9 Å². The quantitative estimate of drug-likeness (QED) is 0.122. The zero-order valence-electron chi connectivity index (χ0n) is 31.3. The second-order valence-electron chi connectivity index (χ2n) is 13.8. The van der Waals surface area contributed by atoms with Crippen LogP contribution in [0.15, 0.2) is 54.6 Å². The van der Waals surface area contributed by atoms with E-state index >= 15 is 0 Å². The van der Waals surface area contributed by atoms with E-state index < -0.39 is 0 Å². The van der Waals surface area contributed by atoms with E-state index in [1.807, 2.05) is 43.8 Å². The smallest absolute Gasteiger partial charge is 0.354 e. The number of benzene rings is 3. The van der Waals surface area contributed by atoms with Gasteiger partial charge >= 0.3 is 5.97 Å². The number of hydrogen-bond acceptors (Lipinski definition) is 7. The third-order valence-corrected chi connectivity index (χ3v) is 10.7. The Morgan fingerprint density at radius 3 is 2.60 bits per heavy atom. The third kappa shape index (κ3) is 7.45. The lowest BCUT2D eigenvalue weighted by molar-refractivity contribution is 0.0587. The number of nitrogens with zero attached hydrogens (tertiary/aromatic N) is 5. The molecule has 0 N–H and O–H groups in total. The Balaban J connectivity index is 1.35. The Morgan fingerprint density at radius 2 is 1.77 bits per heavy atom. The second kappa shape index (κ2) is 16.2. The van der Waals surface area contributed by atoms with Crippen LogP contribution in [0.5, 0.6) is 5.75 Å². The maximum atomic E-state index is 13.5. The first-order chi connectivity index (χ1) is 25.8. The Kier molecular flexibility index (Phi) is 11.2. The average molecular weight is 738 g/mol. The number of rotatable bonds is 7. The van der Waals surface area contributed by atoms with Crippen LogP contribution in [0.3, 0.4) is 0 Å². The van der Waals surface area contributed by atoms with Gasteiger partial charge in [0.05, 0.1) is 51.5 Å². The molecule has 0 amide bonds. The number of fused-ring (bicyclic) bond motifs is 8. The lowest BCUT2D eigenvalue weighted by Crippen LogP contribution is -2.13. The van der Waals surface area contributed by atoms with Crippen molar-refractivity contribution in [2.24, 2.45) is 7.05 Å². The third-order valence-electron chi connectivity index (χ3n) is 10.4. The van der Waals surface area contributed by atoms with Gasteiger partial charge in [0.15, 0.2) is 0 Å². The van der Waals surface area contributed by atoms with E-state index in [4.69, 9.17) is 40.7 Å². The van der Waals surface area contributed by atoms with Crippen LogP contribution in [0.25, 0.3) is 32.8 Å². The zero-order chi connectivity index (χ0) is 37.1. The highest BCUT2D eigenvalue weighted by atomic mass is 35.5. The summed E-state index contributed by atoms with van der Waals surface area (Å²) in [6.45, 7) is 7.19. The van der Waals surface area contributed by atoms with E-state index in [-0.39, 0.29) is 5.97 Å². The molecule has 0 aliphatic carbocycles. The van der Waals surface area contributed by atoms with Gasteiger partial charge < -0.3 is 23.5 Å². The van der Waals surface area contributed by atoms with Gasteiger partial charge in [-0.1, -0.05) is 41.9 Å². The summed E-state index contributed by atoms with van der Waals surface area (Å²) >= 11 is 7.18. The van der Waals surface area contributed by atoms with E-state index in [9.17, 15) is 4.79 Å². The summed E-state index contributed by atoms with van der Waals surface area (Å²) in [5.74, 6) is 0.486. The molecule has 0 atom stereocenters. The molecule has 0 unspecified atom stereocenters. The monoisotopic (exact) mass is 737 g/mol. The van der Waals surface area contributed by atoms with Crippen molar-refractivity contribution in [3.05, 3.63) is 99.2 Å². The second-order valence-corrected chi connectivity index (χ2v) is 14.2. The Morgan fingerprint density at radius 1 is 0.925 bits per heavy atom. The molecule has 1 aliphatic rings. The Hall–Kier alpha value is -4.64. The number of methoxy groups -OCH3 is 2. The summed E-state index contributed by atoms with van der Waals surface area (Å²) in [6, 6.07) is 19.0. The highest BCUT2D eigenvalue weighted by Crippen LogP contribution is 2.43. The summed E-state index contributed by atoms with van der Waals surface area (Å²) in [5.41, 5.74) is 9.60. The molecule has 278 valence electrons. The highest BCUT2D eigenvalue weighted by Gasteiger charge is 2.28. The molecule has 3 aromatic carbocycles. The summed E-state index contributed by atoms with van der Waals surface area (Å²) in [4.78, 5) is 13.5. The molecule has 0 spiro atoms. The minimum Gasteiger partial charge on any atom is -0.493 e. The summed E-state index contributed by atoms with van der Waals surface area (Å²) < 4.78 is 29.1. The largest absolute Gasteiger partial charge is 0.493 e. The Labute approximate surface area is 315 Å². The van der Waals surface area contributed by atoms with Gasteiger partial charge in [-0.15, -0.1) is 0 Å². The maximum Gasteiger partial charge on any atom is 0.354 e. The van der Waals surface area contributed by atoms with Gasteiger partial charge in [-0.25, -0.2) is 4.79 Å². The molecule has 0 saturated carbocycles. The van der Waals surface area contributed by atoms with Gasteiger partial charge in [-0.05, 0) is 93.2 Å². The van der Waals surface area contributed by atoms with Crippen LogP contribution < -0.4 is 4.74 Å². The first-order valence-corrected chi connectivity index (χ1v) is 18.9. The zero-order valence-corrected chi connectivity index (χ0v) is 32.1. The van der Waals surface area contributed by atoms with Crippen LogP contribution in [-0.4, -0.2) is 70.7 Å². The van der Waals surface area contributed by atoms with Crippen molar-refractivity contribution in [2.45, 2.75) is 65.5 Å². The molecule has 6 aromatic rings. The van der Waals surface area contributed by atoms with Gasteiger partial charge in [-0.2, -0.15) is 10.2 Å². The van der Waals surface area contributed by atoms with E-state index in [0.29, 0.717) is 56.7 Å². The maximum absolute atomic E-state index is 13.5. The van der Waals surface area contributed by atoms with E-state index in [1.165, 1.54) is 18.4 Å². The molecule has 0 saturated heterocycles. The molecule has 0 fully saturated rings. The topological polar surface area (TPSA) is 94.6 Å². The van der Waals surface area contributed by atoms with Crippen LogP contribution in [0.1, 0.15) is 57.2 Å². The SMILES string of the molecule is COCCOCCn1nc(C)c2c1CCCc1cc(n(C)n1)CCc1cc(c3ccccc3c1)OCCCn1c(C(=O)OC)c(C)c3c-2c(Cl)ccc31. The fraction of sp³-hybridized carbons (Fsp3) is 0.405. The summed E-state index contributed by atoms with van der Waals surface area (Å²) in [5, 5.41) is 13.8. The minimum atomic E-state index is -0.384. The first-order valence-electron chi connectivity index (χ1n) is 18.5. The van der Waals surface area contributed by atoms with E-state index in [2.05, 4.69) is 45.6 Å². The molecular weight excluding hydrogens is 690 g/mol. The first kappa shape index (κ1) is 36.7. The van der Waals surface area contributed by atoms with Gasteiger partial charge in [0, 0.05) is 64.5 Å².